The van der Waals surface area contributed by atoms with E-state index >= 15 is 0 Å². The minimum atomic E-state index is 0. The molecule has 0 heterocycles. The fraction of sp³-hybridized carbons (Fsp3) is 0. The van der Waals surface area contributed by atoms with Crippen LogP contribution < -0.4 is 0 Å². The third-order valence-electron chi connectivity index (χ3n) is 0. The second-order valence-electron chi connectivity index (χ2n) is 0. The van der Waals surface area contributed by atoms with E-state index in [4.69, 9.17) is 4.57 Å². The van der Waals surface area contributed by atoms with E-state index in [-0.39, 0.29) is 40.9 Å². The van der Waals surface area contributed by atoms with Crippen LogP contribution in [0.1, 0.15) is 0 Å². The third kappa shape index (κ3) is 9.92. The summed E-state index contributed by atoms with van der Waals surface area (Å²) in [6.45, 7) is 0. The largest absolute Gasteiger partial charge is 0.279 e. The van der Waals surface area contributed by atoms with Crippen molar-refractivity contribution in [2.45, 2.75) is 0 Å². The van der Waals surface area contributed by atoms with Gasteiger partial charge in [-0.05, 0) is 0 Å². The van der Waals surface area contributed by atoms with Gasteiger partial charge in [0.1, 0.15) is 9.12 Å². The van der Waals surface area contributed by atoms with Gasteiger partial charge in [0, 0.05) is 40.9 Å². The van der Waals surface area contributed by atoms with Crippen LogP contribution in [0.25, 0.3) is 0 Å². The number of hydrogen-bond acceptors (Lipinski definition) is 1. The van der Waals surface area contributed by atoms with E-state index < -0.39 is 0 Å². The Morgan fingerprint density at radius 2 is 1.25 bits per heavy atom. The van der Waals surface area contributed by atoms with Crippen LogP contribution in [0.5, 0.6) is 0 Å². The van der Waals surface area contributed by atoms with Crippen molar-refractivity contribution in [2.24, 2.45) is 0 Å². The van der Waals surface area contributed by atoms with Crippen LogP contribution in [-0.4, -0.2) is 0 Å². The summed E-state index contributed by atoms with van der Waals surface area (Å²) < 4.78 is 8.06. The molecule has 0 spiro atoms. The Kier molecular flexibility index (Phi) is 115. The molecule has 0 amide bonds. The maximum atomic E-state index is 8.06. The Morgan fingerprint density at radius 1 is 1.25 bits per heavy atom. The minimum absolute atomic E-state index is 0. The summed E-state index contributed by atoms with van der Waals surface area (Å²) in [7, 11) is 1.72. The van der Waals surface area contributed by atoms with Gasteiger partial charge < -0.3 is 0 Å². The molecule has 4 heavy (non-hydrogen) atoms. The molecule has 0 rings (SSSR count). The standard InChI is InChI=1S/Ag.HOP.V/c;1-2;/h;2H;. The molecule has 0 N–H and O–H groups in total. The average molecular weight is 207 g/mol. The predicted molar refractivity (Wildman–Crippen MR) is 9.00 cm³/mol. The van der Waals surface area contributed by atoms with Crippen molar-refractivity contribution in [1.82, 2.24) is 0 Å². The molecule has 0 aromatic carbocycles. The summed E-state index contributed by atoms with van der Waals surface area (Å²) in [4.78, 5) is 0. The zero-order valence-electron chi connectivity index (χ0n) is 1.66. The van der Waals surface area contributed by atoms with Crippen molar-refractivity contribution in [2.75, 3.05) is 0 Å². The molecule has 0 aliphatic carbocycles. The average Bonchev–Trinajstić information content (AvgIpc) is 1.00. The summed E-state index contributed by atoms with van der Waals surface area (Å²) in [5.74, 6) is 0. The molecule has 0 saturated heterocycles. The van der Waals surface area contributed by atoms with Crippen LogP contribution in [0.4, 0.5) is 0 Å². The molecule has 0 fully saturated rings. The van der Waals surface area contributed by atoms with E-state index in [9.17, 15) is 0 Å². The van der Waals surface area contributed by atoms with Crippen molar-refractivity contribution < 1.29 is 45.5 Å². The van der Waals surface area contributed by atoms with Crippen LogP contribution in [0.2, 0.25) is 0 Å². The first-order valence-corrected chi connectivity index (χ1v) is 0.612. The van der Waals surface area contributed by atoms with Gasteiger partial charge in [-0.15, -0.1) is 0 Å². The Balaban J connectivity index is -0.00000000500. The van der Waals surface area contributed by atoms with Gasteiger partial charge >= 0.3 is 0 Å². The molecule has 0 atom stereocenters. The number of rotatable bonds is 0. The van der Waals surface area contributed by atoms with Gasteiger partial charge in [0.15, 0.2) is 0 Å². The van der Waals surface area contributed by atoms with Crippen LogP contribution in [-0.2, 0) is 45.5 Å². The third-order valence-corrected chi connectivity index (χ3v) is 0. The van der Waals surface area contributed by atoms with E-state index in [2.05, 4.69) is 0 Å². The van der Waals surface area contributed by atoms with E-state index in [1.807, 2.05) is 0 Å². The summed E-state index contributed by atoms with van der Waals surface area (Å²) in [5, 5.41) is 0. The quantitative estimate of drug-likeness (QED) is 0.416. The summed E-state index contributed by atoms with van der Waals surface area (Å²) in [6, 6.07) is 0. The molecule has 4 heteroatoms. The smallest absolute Gasteiger partial charge is 0.138 e. The van der Waals surface area contributed by atoms with Crippen molar-refractivity contribution in [1.29, 1.82) is 0 Å². The van der Waals surface area contributed by atoms with Gasteiger partial charge in [-0.2, -0.15) is 0 Å². The van der Waals surface area contributed by atoms with Gasteiger partial charge in [-0.25, -0.2) is 0 Å². The maximum Gasteiger partial charge on any atom is 0.138 e. The van der Waals surface area contributed by atoms with E-state index in [1.54, 1.807) is 9.12 Å². The SMILES string of the molecule is O=P.[Ag].[V]. The van der Waals surface area contributed by atoms with Gasteiger partial charge in [0.2, 0.25) is 0 Å². The molecular weight excluding hydrogens is 206 g/mol. The fourth-order valence-corrected chi connectivity index (χ4v) is 0. The molecule has 0 aliphatic heterocycles. The van der Waals surface area contributed by atoms with E-state index in [1.165, 1.54) is 0 Å². The summed E-state index contributed by atoms with van der Waals surface area (Å²) in [6.07, 6.45) is 0. The van der Waals surface area contributed by atoms with Gasteiger partial charge in [0.25, 0.3) is 0 Å². The van der Waals surface area contributed by atoms with Crippen LogP contribution in [0.15, 0.2) is 0 Å². The Morgan fingerprint density at radius 3 is 1.25 bits per heavy atom. The molecule has 0 aromatic rings. The molecule has 0 aliphatic rings. The van der Waals surface area contributed by atoms with Gasteiger partial charge in [-0.3, -0.25) is 4.57 Å². The minimum Gasteiger partial charge on any atom is -0.279 e. The number of hydrogen-bond donors (Lipinski definition) is 0. The van der Waals surface area contributed by atoms with Crippen molar-refractivity contribution >= 4 is 9.12 Å². The van der Waals surface area contributed by atoms with Crippen LogP contribution >= 0.6 is 9.12 Å². The van der Waals surface area contributed by atoms with Crippen molar-refractivity contribution in [3.8, 4) is 0 Å². The second kappa shape index (κ2) is 25.6. The Hall–Kier alpha value is 1.42. The summed E-state index contributed by atoms with van der Waals surface area (Å²) >= 11 is 0. The molecule has 0 bridgehead atoms. The predicted octanol–water partition coefficient (Wildman–Crippen LogP) is 0.470. The van der Waals surface area contributed by atoms with Gasteiger partial charge in [-0.1, -0.05) is 0 Å². The molecule has 0 unspecified atom stereocenters. The van der Waals surface area contributed by atoms with Crippen LogP contribution in [0, 0.1) is 0 Å². The van der Waals surface area contributed by atoms with Gasteiger partial charge in [0.05, 0.1) is 0 Å². The zero-order chi connectivity index (χ0) is 2.00. The molecule has 1 nitrogen and oxygen atoms in total. The topological polar surface area (TPSA) is 17.1 Å². The Bertz CT molecular complexity index is 8.00. The fourth-order valence-electron chi connectivity index (χ4n) is 0. The van der Waals surface area contributed by atoms with E-state index in [0.717, 1.165) is 0 Å². The normalized spacial score (nSPS) is 1.00. The first-order chi connectivity index (χ1) is 1.00. The van der Waals surface area contributed by atoms with Crippen molar-refractivity contribution in [3.63, 3.8) is 0 Å². The van der Waals surface area contributed by atoms with E-state index in [0.29, 0.717) is 0 Å². The first-order valence-electron chi connectivity index (χ1n) is 0.204. The zero-order valence-corrected chi connectivity index (χ0v) is 5.54. The van der Waals surface area contributed by atoms with Crippen LogP contribution in [0.3, 0.4) is 0 Å². The molecule has 0 aromatic heterocycles. The maximum absolute atomic E-state index is 8.06. The van der Waals surface area contributed by atoms with Crippen molar-refractivity contribution in [3.05, 3.63) is 0 Å². The summed E-state index contributed by atoms with van der Waals surface area (Å²) in [5.41, 5.74) is 0. The molecule has 2 radical (unpaired) electrons. The molecule has 0 saturated carbocycles. The second-order valence-corrected chi connectivity index (χ2v) is 0. The Labute approximate surface area is 54.6 Å². The monoisotopic (exact) mass is 206 g/mol. The molecular formula is HAgOPV. The molecule has 28 valence electrons. The first kappa shape index (κ1) is 18.1.